The first-order valence-electron chi connectivity index (χ1n) is 5.66. The van der Waals surface area contributed by atoms with Crippen molar-refractivity contribution >= 4 is 5.82 Å². The minimum Gasteiger partial charge on any atom is -0.351 e. The van der Waals surface area contributed by atoms with Gasteiger partial charge in [-0.25, -0.2) is 0 Å². The summed E-state index contributed by atoms with van der Waals surface area (Å²) in [6.07, 6.45) is 6.88. The highest BCUT2D eigenvalue weighted by Crippen LogP contribution is 2.26. The van der Waals surface area contributed by atoms with E-state index in [0.29, 0.717) is 12.6 Å². The fourth-order valence-corrected chi connectivity index (χ4v) is 2.29. The van der Waals surface area contributed by atoms with Crippen LogP contribution < -0.4 is 10.6 Å². The maximum Gasteiger partial charge on any atom is 0.151 e. The lowest BCUT2D eigenvalue weighted by atomic mass is 10.2. The third kappa shape index (κ3) is 2.45. The Balaban J connectivity index is 2.11. The van der Waals surface area contributed by atoms with Crippen molar-refractivity contribution in [1.82, 2.24) is 10.2 Å². The molecule has 1 aromatic rings. The molecule has 4 heteroatoms. The van der Waals surface area contributed by atoms with Crippen molar-refractivity contribution in [2.75, 3.05) is 18.0 Å². The van der Waals surface area contributed by atoms with Crippen LogP contribution in [0.2, 0.25) is 0 Å². The van der Waals surface area contributed by atoms with Crippen LogP contribution in [0.3, 0.4) is 0 Å². The molecule has 0 unspecified atom stereocenters. The van der Waals surface area contributed by atoms with Crippen molar-refractivity contribution in [3.05, 3.63) is 18.3 Å². The number of aromatic nitrogens is 2. The molecule has 1 aromatic heterocycles. The van der Waals surface area contributed by atoms with Crippen LogP contribution in [0.4, 0.5) is 5.82 Å². The zero-order valence-corrected chi connectivity index (χ0v) is 8.97. The van der Waals surface area contributed by atoms with Crippen LogP contribution in [0.15, 0.2) is 18.3 Å². The third-order valence-corrected chi connectivity index (χ3v) is 2.99. The van der Waals surface area contributed by atoms with Crippen molar-refractivity contribution < 1.29 is 0 Å². The topological polar surface area (TPSA) is 55.0 Å². The molecule has 15 heavy (non-hydrogen) atoms. The van der Waals surface area contributed by atoms with Crippen LogP contribution >= 0.6 is 0 Å². The summed E-state index contributed by atoms with van der Waals surface area (Å²) in [4.78, 5) is 2.31. The zero-order valence-electron chi connectivity index (χ0n) is 8.97. The summed E-state index contributed by atoms with van der Waals surface area (Å²) in [5, 5.41) is 8.09. The number of nitrogens with zero attached hydrogens (tertiary/aromatic N) is 3. The summed E-state index contributed by atoms with van der Waals surface area (Å²) >= 11 is 0. The molecule has 4 nitrogen and oxygen atoms in total. The van der Waals surface area contributed by atoms with Crippen LogP contribution in [0, 0.1) is 0 Å². The summed E-state index contributed by atoms with van der Waals surface area (Å²) in [5.41, 5.74) is 5.64. The molecular weight excluding hydrogens is 188 g/mol. The summed E-state index contributed by atoms with van der Waals surface area (Å²) in [6, 6.07) is 4.56. The number of anilines is 1. The quantitative estimate of drug-likeness (QED) is 0.804. The zero-order chi connectivity index (χ0) is 10.5. The van der Waals surface area contributed by atoms with Crippen LogP contribution in [0.25, 0.3) is 0 Å². The summed E-state index contributed by atoms with van der Waals surface area (Å²) < 4.78 is 0. The first kappa shape index (κ1) is 10.4. The molecule has 0 aromatic carbocycles. The SMILES string of the molecule is NCCN(c1cccnn1)C1CCCC1. The van der Waals surface area contributed by atoms with Crippen molar-refractivity contribution in [1.29, 1.82) is 0 Å². The lowest BCUT2D eigenvalue weighted by Gasteiger charge is -2.28. The van der Waals surface area contributed by atoms with E-state index in [-0.39, 0.29) is 0 Å². The highest BCUT2D eigenvalue weighted by Gasteiger charge is 2.22. The molecule has 2 rings (SSSR count). The third-order valence-electron chi connectivity index (χ3n) is 2.99. The molecule has 1 fully saturated rings. The van der Waals surface area contributed by atoms with Gasteiger partial charge in [-0.2, -0.15) is 5.10 Å². The van der Waals surface area contributed by atoms with Crippen molar-refractivity contribution in [3.63, 3.8) is 0 Å². The van der Waals surface area contributed by atoms with Gasteiger partial charge in [-0.3, -0.25) is 0 Å². The van der Waals surface area contributed by atoms with Gasteiger partial charge in [0.15, 0.2) is 5.82 Å². The molecule has 2 N–H and O–H groups in total. The van der Waals surface area contributed by atoms with Crippen LogP contribution in [-0.4, -0.2) is 29.3 Å². The predicted octanol–water partition coefficient (Wildman–Crippen LogP) is 1.18. The maximum atomic E-state index is 5.64. The average Bonchev–Trinajstić information content (AvgIpc) is 2.80. The second kappa shape index (κ2) is 5.07. The summed E-state index contributed by atoms with van der Waals surface area (Å²) in [6.45, 7) is 1.55. The molecule has 1 heterocycles. The molecule has 82 valence electrons. The van der Waals surface area contributed by atoms with E-state index in [1.807, 2.05) is 12.1 Å². The average molecular weight is 206 g/mol. The number of hydrogen-bond donors (Lipinski definition) is 1. The minimum atomic E-state index is 0.616. The number of hydrogen-bond acceptors (Lipinski definition) is 4. The first-order chi connectivity index (χ1) is 7.42. The van der Waals surface area contributed by atoms with Gasteiger partial charge in [-0.1, -0.05) is 12.8 Å². The molecule has 0 radical (unpaired) electrons. The van der Waals surface area contributed by atoms with Gasteiger partial charge in [0.05, 0.1) is 0 Å². The lowest BCUT2D eigenvalue weighted by molar-refractivity contribution is 0.598. The molecule has 1 aliphatic carbocycles. The van der Waals surface area contributed by atoms with Crippen LogP contribution in [-0.2, 0) is 0 Å². The van der Waals surface area contributed by atoms with Crippen molar-refractivity contribution in [2.24, 2.45) is 5.73 Å². The molecule has 0 amide bonds. The van der Waals surface area contributed by atoms with Crippen molar-refractivity contribution in [3.8, 4) is 0 Å². The fourth-order valence-electron chi connectivity index (χ4n) is 2.29. The Bertz CT molecular complexity index is 282. The largest absolute Gasteiger partial charge is 0.351 e. The van der Waals surface area contributed by atoms with E-state index in [9.17, 15) is 0 Å². The van der Waals surface area contributed by atoms with Gasteiger partial charge in [0.25, 0.3) is 0 Å². The van der Waals surface area contributed by atoms with Crippen LogP contribution in [0.5, 0.6) is 0 Å². The monoisotopic (exact) mass is 206 g/mol. The molecule has 0 saturated heterocycles. The Labute approximate surface area is 90.5 Å². The smallest absolute Gasteiger partial charge is 0.151 e. The Morgan fingerprint density at radius 1 is 1.40 bits per heavy atom. The van der Waals surface area contributed by atoms with E-state index in [1.165, 1.54) is 25.7 Å². The number of nitrogens with two attached hydrogens (primary N) is 1. The van der Waals surface area contributed by atoms with E-state index in [1.54, 1.807) is 6.20 Å². The Kier molecular flexibility index (Phi) is 3.50. The highest BCUT2D eigenvalue weighted by molar-refractivity contribution is 5.38. The molecule has 0 spiro atoms. The second-order valence-electron chi connectivity index (χ2n) is 4.00. The van der Waals surface area contributed by atoms with Gasteiger partial charge >= 0.3 is 0 Å². The molecule has 0 aliphatic heterocycles. The van der Waals surface area contributed by atoms with E-state index < -0.39 is 0 Å². The molecular formula is C11H18N4. The van der Waals surface area contributed by atoms with Gasteiger partial charge in [0.1, 0.15) is 0 Å². The summed E-state index contributed by atoms with van der Waals surface area (Å²) in [5.74, 6) is 0.967. The Morgan fingerprint density at radius 3 is 2.80 bits per heavy atom. The molecule has 0 atom stereocenters. The number of rotatable bonds is 4. The van der Waals surface area contributed by atoms with Gasteiger partial charge in [-0.15, -0.1) is 5.10 Å². The molecule has 1 aliphatic rings. The standard InChI is InChI=1S/C11H18N4/c12-7-9-15(10-4-1-2-5-10)11-6-3-8-13-14-11/h3,6,8,10H,1-2,4-5,7,9,12H2. The van der Waals surface area contributed by atoms with E-state index >= 15 is 0 Å². The highest BCUT2D eigenvalue weighted by atomic mass is 15.3. The van der Waals surface area contributed by atoms with Gasteiger partial charge < -0.3 is 10.6 Å². The van der Waals surface area contributed by atoms with E-state index in [0.717, 1.165) is 12.4 Å². The lowest BCUT2D eigenvalue weighted by Crippen LogP contribution is -2.38. The minimum absolute atomic E-state index is 0.616. The normalized spacial score (nSPS) is 16.9. The van der Waals surface area contributed by atoms with Gasteiger partial charge in [0.2, 0.25) is 0 Å². The fraction of sp³-hybridized carbons (Fsp3) is 0.636. The maximum absolute atomic E-state index is 5.64. The van der Waals surface area contributed by atoms with E-state index in [2.05, 4.69) is 15.1 Å². The van der Waals surface area contributed by atoms with E-state index in [4.69, 9.17) is 5.73 Å². The first-order valence-corrected chi connectivity index (χ1v) is 5.66. The van der Waals surface area contributed by atoms with Crippen LogP contribution in [0.1, 0.15) is 25.7 Å². The van der Waals surface area contributed by atoms with Crippen molar-refractivity contribution in [2.45, 2.75) is 31.7 Å². The summed E-state index contributed by atoms with van der Waals surface area (Å²) in [7, 11) is 0. The predicted molar refractivity (Wildman–Crippen MR) is 60.7 cm³/mol. The molecule has 1 saturated carbocycles. The Hall–Kier alpha value is -1.16. The second-order valence-corrected chi connectivity index (χ2v) is 4.00. The Morgan fingerprint density at radius 2 is 2.20 bits per heavy atom. The van der Waals surface area contributed by atoms with Gasteiger partial charge in [-0.05, 0) is 25.0 Å². The van der Waals surface area contributed by atoms with Gasteiger partial charge in [0, 0.05) is 25.3 Å². The molecule has 0 bridgehead atoms.